The van der Waals surface area contributed by atoms with Gasteiger partial charge in [0.2, 0.25) is 0 Å². The summed E-state index contributed by atoms with van der Waals surface area (Å²) in [5, 5.41) is 12.2. The Labute approximate surface area is 95.6 Å². The average Bonchev–Trinajstić information content (AvgIpc) is 2.87. The third kappa shape index (κ3) is 1.89. The molecule has 2 aliphatic heterocycles. The summed E-state index contributed by atoms with van der Waals surface area (Å²) in [6.07, 6.45) is 3.95. The second kappa shape index (κ2) is 4.54. The Balaban J connectivity index is 2.15. The number of nitrogens with one attached hydrogen (secondary N) is 1. The molecular formula is C11H17N5. The highest BCUT2D eigenvalue weighted by atomic mass is 15.3. The number of aliphatic imine (C=N–C) groups is 1. The van der Waals surface area contributed by atoms with Crippen molar-refractivity contribution in [2.24, 2.45) is 10.7 Å². The fourth-order valence-electron chi connectivity index (χ4n) is 2.60. The first-order chi connectivity index (χ1) is 7.76. The smallest absolute Gasteiger partial charge is 0.126 e. The van der Waals surface area contributed by atoms with E-state index in [1.54, 1.807) is 13.1 Å². The molecule has 5 nitrogen and oxygen atoms in total. The molecular weight excluding hydrogens is 202 g/mol. The van der Waals surface area contributed by atoms with Crippen LogP contribution in [-0.4, -0.2) is 43.0 Å². The zero-order valence-corrected chi connectivity index (χ0v) is 9.48. The molecule has 2 fully saturated rings. The van der Waals surface area contributed by atoms with Gasteiger partial charge in [0.15, 0.2) is 0 Å². The first-order valence-electron chi connectivity index (χ1n) is 5.60. The minimum Gasteiger partial charge on any atom is -0.390 e. The van der Waals surface area contributed by atoms with Crippen molar-refractivity contribution < 1.29 is 0 Å². The molecule has 16 heavy (non-hydrogen) atoms. The Morgan fingerprint density at radius 1 is 1.62 bits per heavy atom. The quantitative estimate of drug-likeness (QED) is 0.364. The maximum absolute atomic E-state index is 8.68. The fraction of sp³-hybridized carbons (Fsp3) is 0.636. The monoisotopic (exact) mass is 219 g/mol. The molecule has 2 unspecified atom stereocenters. The summed E-state index contributed by atoms with van der Waals surface area (Å²) in [5.74, 6) is 0.829. The van der Waals surface area contributed by atoms with Crippen molar-refractivity contribution in [1.82, 2.24) is 10.2 Å². The van der Waals surface area contributed by atoms with Crippen LogP contribution in [0.25, 0.3) is 0 Å². The number of nitrogens with two attached hydrogens (primary N) is 1. The Hall–Kier alpha value is -1.54. The molecule has 0 aromatic rings. The molecule has 0 aromatic heterocycles. The number of nitrogens with zero attached hydrogens (tertiary/aromatic N) is 3. The Kier molecular flexibility index (Phi) is 3.11. The lowest BCUT2D eigenvalue weighted by Crippen LogP contribution is -2.38. The average molecular weight is 219 g/mol. The number of allylic oxidation sites excluding steroid dienone is 1. The third-order valence-electron chi connectivity index (χ3n) is 3.33. The van der Waals surface area contributed by atoms with Gasteiger partial charge in [0, 0.05) is 31.8 Å². The van der Waals surface area contributed by atoms with Gasteiger partial charge in [-0.1, -0.05) is 0 Å². The number of rotatable bonds is 1. The normalized spacial score (nSPS) is 30.4. The topological polar surface area (TPSA) is 77.4 Å². The van der Waals surface area contributed by atoms with Gasteiger partial charge in [-0.3, -0.25) is 4.99 Å². The van der Waals surface area contributed by atoms with E-state index in [0.717, 1.165) is 31.8 Å². The molecule has 0 aromatic carbocycles. The number of likely N-dealkylation sites (tertiary alicyclic amines) is 1. The van der Waals surface area contributed by atoms with Crippen LogP contribution < -0.4 is 11.1 Å². The number of hydrogen-bond donors (Lipinski definition) is 2. The van der Waals surface area contributed by atoms with Gasteiger partial charge in [0.05, 0.1) is 0 Å². The van der Waals surface area contributed by atoms with Gasteiger partial charge in [-0.25, -0.2) is 0 Å². The predicted molar refractivity (Wildman–Crippen MR) is 62.8 cm³/mol. The largest absolute Gasteiger partial charge is 0.390 e. The zero-order chi connectivity index (χ0) is 11.5. The Morgan fingerprint density at radius 2 is 2.44 bits per heavy atom. The van der Waals surface area contributed by atoms with Gasteiger partial charge in [0.1, 0.15) is 17.6 Å². The van der Waals surface area contributed by atoms with Gasteiger partial charge in [-0.05, 0) is 19.4 Å². The van der Waals surface area contributed by atoms with Crippen LogP contribution in [0.1, 0.15) is 12.8 Å². The minimum absolute atomic E-state index is 0.218. The second-order valence-corrected chi connectivity index (χ2v) is 4.19. The second-order valence-electron chi connectivity index (χ2n) is 4.19. The maximum atomic E-state index is 8.68. The summed E-state index contributed by atoms with van der Waals surface area (Å²) in [4.78, 5) is 6.48. The van der Waals surface area contributed by atoms with Crippen molar-refractivity contribution in [1.29, 1.82) is 5.26 Å². The van der Waals surface area contributed by atoms with Gasteiger partial charge < -0.3 is 16.0 Å². The van der Waals surface area contributed by atoms with Gasteiger partial charge in [-0.15, -0.1) is 0 Å². The fourth-order valence-corrected chi connectivity index (χ4v) is 2.60. The van der Waals surface area contributed by atoms with Crippen molar-refractivity contribution in [2.45, 2.75) is 24.9 Å². The molecule has 0 saturated carbocycles. The van der Waals surface area contributed by atoms with Gasteiger partial charge in [-0.2, -0.15) is 5.26 Å². The summed E-state index contributed by atoms with van der Waals surface area (Å²) in [7, 11) is 1.74. The van der Waals surface area contributed by atoms with Gasteiger partial charge >= 0.3 is 0 Å². The van der Waals surface area contributed by atoms with Crippen LogP contribution in [0.4, 0.5) is 0 Å². The molecule has 2 rings (SSSR count). The standard InChI is InChI=1S/C11H17N5/c1-14-11(6-8(13)7-12)16-5-3-9-10(16)2-4-15-9/h6,9-10,15H,2-5,13H2,1H3. The van der Waals surface area contributed by atoms with E-state index >= 15 is 0 Å². The molecule has 2 aliphatic rings. The van der Waals surface area contributed by atoms with Crippen LogP contribution in [0.5, 0.6) is 0 Å². The minimum atomic E-state index is 0.218. The van der Waals surface area contributed by atoms with E-state index in [2.05, 4.69) is 15.2 Å². The molecule has 0 amide bonds. The van der Waals surface area contributed by atoms with E-state index in [1.165, 1.54) is 0 Å². The molecule has 5 heteroatoms. The molecule has 0 bridgehead atoms. The van der Waals surface area contributed by atoms with Crippen LogP contribution in [0, 0.1) is 11.3 Å². The third-order valence-corrected chi connectivity index (χ3v) is 3.33. The molecule has 2 heterocycles. The molecule has 86 valence electrons. The number of amidine groups is 1. The lowest BCUT2D eigenvalue weighted by atomic mass is 10.1. The molecule has 3 N–H and O–H groups in total. The van der Waals surface area contributed by atoms with Crippen LogP contribution in [0.15, 0.2) is 16.8 Å². The molecule has 0 spiro atoms. The first-order valence-corrected chi connectivity index (χ1v) is 5.60. The summed E-state index contributed by atoms with van der Waals surface area (Å²) in [6.45, 7) is 2.06. The van der Waals surface area contributed by atoms with E-state index in [0.29, 0.717) is 12.1 Å². The lowest BCUT2D eigenvalue weighted by Gasteiger charge is -2.25. The summed E-state index contributed by atoms with van der Waals surface area (Å²) < 4.78 is 0. The molecule has 2 atom stereocenters. The van der Waals surface area contributed by atoms with Crippen molar-refractivity contribution in [3.63, 3.8) is 0 Å². The van der Waals surface area contributed by atoms with Gasteiger partial charge in [0.25, 0.3) is 0 Å². The highest BCUT2D eigenvalue weighted by Gasteiger charge is 2.38. The molecule has 0 radical (unpaired) electrons. The van der Waals surface area contributed by atoms with Crippen LogP contribution in [0.3, 0.4) is 0 Å². The highest BCUT2D eigenvalue weighted by molar-refractivity contribution is 5.94. The number of nitriles is 1. The van der Waals surface area contributed by atoms with E-state index < -0.39 is 0 Å². The predicted octanol–water partition coefficient (Wildman–Crippen LogP) is -0.183. The van der Waals surface area contributed by atoms with E-state index in [9.17, 15) is 0 Å². The number of fused-ring (bicyclic) bond motifs is 1. The lowest BCUT2D eigenvalue weighted by molar-refractivity contribution is 0.388. The van der Waals surface area contributed by atoms with E-state index in [1.807, 2.05) is 6.07 Å². The maximum Gasteiger partial charge on any atom is 0.126 e. The zero-order valence-electron chi connectivity index (χ0n) is 9.48. The highest BCUT2D eigenvalue weighted by Crippen LogP contribution is 2.25. The van der Waals surface area contributed by atoms with Crippen molar-refractivity contribution >= 4 is 5.84 Å². The summed E-state index contributed by atoms with van der Waals surface area (Å²) in [6, 6.07) is 3.02. The van der Waals surface area contributed by atoms with Crippen molar-refractivity contribution in [2.75, 3.05) is 20.1 Å². The van der Waals surface area contributed by atoms with Crippen LogP contribution in [-0.2, 0) is 0 Å². The SMILES string of the molecule is CN=C(C=C(N)C#N)N1CCC2NCCC21. The van der Waals surface area contributed by atoms with Crippen molar-refractivity contribution in [3.05, 3.63) is 11.8 Å². The summed E-state index contributed by atoms with van der Waals surface area (Å²) >= 11 is 0. The Morgan fingerprint density at radius 3 is 3.12 bits per heavy atom. The molecule has 2 saturated heterocycles. The summed E-state index contributed by atoms with van der Waals surface area (Å²) in [5.41, 5.74) is 5.75. The van der Waals surface area contributed by atoms with Crippen molar-refractivity contribution in [3.8, 4) is 6.07 Å². The molecule has 0 aliphatic carbocycles. The number of hydrogen-bond acceptors (Lipinski definition) is 4. The van der Waals surface area contributed by atoms with Crippen LogP contribution >= 0.6 is 0 Å². The van der Waals surface area contributed by atoms with Crippen LogP contribution in [0.2, 0.25) is 0 Å². The Bertz CT molecular complexity index is 365. The van der Waals surface area contributed by atoms with E-state index in [4.69, 9.17) is 11.0 Å². The first kappa shape index (κ1) is 11.0. The van der Waals surface area contributed by atoms with E-state index in [-0.39, 0.29) is 5.70 Å².